The third kappa shape index (κ3) is 5.31. The van der Waals surface area contributed by atoms with Crippen LogP contribution in [-0.4, -0.2) is 11.9 Å². The zero-order valence-electron chi connectivity index (χ0n) is 4.23. The minimum atomic E-state index is -1.75. The predicted molar refractivity (Wildman–Crippen MR) is 23.3 cm³/mol. The van der Waals surface area contributed by atoms with Gasteiger partial charge in [0.2, 0.25) is 11.9 Å². The Morgan fingerprint density at radius 1 is 1.71 bits per heavy atom. The number of rotatable bonds is 1. The molecule has 0 aliphatic rings. The Morgan fingerprint density at radius 3 is 2.14 bits per heavy atom. The zero-order valence-corrected chi connectivity index (χ0v) is 4.23. The molecule has 0 N–H and O–H groups in total. The van der Waals surface area contributed by atoms with Crippen LogP contribution >= 0.6 is 0 Å². The fraction of sp³-hybridized carbons (Fsp3) is 0.750. The van der Waals surface area contributed by atoms with Crippen molar-refractivity contribution in [1.29, 1.82) is 0 Å². The molecular weight excluding hydrogens is 97.0 g/mol. The molecule has 0 aromatic rings. The maximum absolute atomic E-state index is 12.0. The normalized spacial score (nSPS) is 10.1. The van der Waals surface area contributed by atoms with Gasteiger partial charge in [0.1, 0.15) is 0 Å². The van der Waals surface area contributed by atoms with Crippen LogP contribution in [0.1, 0.15) is 13.8 Å². The minimum absolute atomic E-state index is 1.11. The van der Waals surface area contributed by atoms with E-state index in [4.69, 9.17) is 0 Å². The summed E-state index contributed by atoms with van der Waals surface area (Å²) in [6, 6.07) is 0. The van der Waals surface area contributed by atoms with Gasteiger partial charge in [-0.1, -0.05) is 0 Å². The van der Waals surface area contributed by atoms with Gasteiger partial charge in [0.05, 0.1) is 0 Å². The number of hydrogen-bond donors (Lipinski definition) is 0. The van der Waals surface area contributed by atoms with Crippen LogP contribution in [0.15, 0.2) is 4.99 Å². The predicted octanol–water partition coefficient (Wildman–Crippen LogP) is 1.03. The smallest absolute Gasteiger partial charge is 0.218 e. The Morgan fingerprint density at radius 2 is 2.14 bits per heavy atom. The van der Waals surface area contributed by atoms with Gasteiger partial charge >= 0.3 is 0 Å². The molecule has 3 heteroatoms. The van der Waals surface area contributed by atoms with Crippen LogP contribution in [0.2, 0.25) is 0 Å². The molecule has 0 radical (unpaired) electrons. The molecule has 0 spiro atoms. The van der Waals surface area contributed by atoms with Crippen molar-refractivity contribution in [2.45, 2.75) is 19.6 Å². The van der Waals surface area contributed by atoms with Crippen molar-refractivity contribution in [2.24, 2.45) is 4.99 Å². The standard InChI is InChI=1S/C4H6FNO/c1-4(2,5)6-3-7/h1-2H3. The Bertz CT molecular complexity index is 98.7. The fourth-order valence-corrected chi connectivity index (χ4v) is 0.109. The van der Waals surface area contributed by atoms with E-state index in [1.54, 1.807) is 0 Å². The zero-order chi connectivity index (χ0) is 5.91. The molecule has 2 nitrogen and oxygen atoms in total. The van der Waals surface area contributed by atoms with Gasteiger partial charge in [-0.2, -0.15) is 4.99 Å². The van der Waals surface area contributed by atoms with E-state index in [1.165, 1.54) is 13.8 Å². The molecule has 0 heterocycles. The van der Waals surface area contributed by atoms with Crippen LogP contribution < -0.4 is 0 Å². The highest BCUT2D eigenvalue weighted by Gasteiger charge is 2.10. The second kappa shape index (κ2) is 1.85. The third-order valence-electron chi connectivity index (χ3n) is 0.312. The first-order valence-electron chi connectivity index (χ1n) is 1.84. The molecule has 0 rings (SSSR count). The highest BCUT2D eigenvalue weighted by molar-refractivity contribution is 5.33. The SMILES string of the molecule is CC(C)(F)N=C=O. The molecule has 0 aliphatic heterocycles. The number of alkyl halides is 1. The van der Waals surface area contributed by atoms with E-state index in [-0.39, 0.29) is 0 Å². The molecule has 0 amide bonds. The van der Waals surface area contributed by atoms with Crippen molar-refractivity contribution in [2.75, 3.05) is 0 Å². The van der Waals surface area contributed by atoms with Crippen molar-refractivity contribution in [3.63, 3.8) is 0 Å². The van der Waals surface area contributed by atoms with Crippen molar-refractivity contribution >= 4 is 6.08 Å². The molecular formula is C4H6FNO. The van der Waals surface area contributed by atoms with Crippen LogP contribution in [0.5, 0.6) is 0 Å². The maximum atomic E-state index is 12.0. The highest BCUT2D eigenvalue weighted by Crippen LogP contribution is 2.06. The van der Waals surface area contributed by atoms with Gasteiger partial charge in [-0.25, -0.2) is 9.18 Å². The number of hydrogen-bond acceptors (Lipinski definition) is 2. The van der Waals surface area contributed by atoms with Gasteiger partial charge in [-0.15, -0.1) is 0 Å². The first-order chi connectivity index (χ1) is 3.06. The van der Waals surface area contributed by atoms with Crippen molar-refractivity contribution in [3.05, 3.63) is 0 Å². The first-order valence-corrected chi connectivity index (χ1v) is 1.84. The fourth-order valence-electron chi connectivity index (χ4n) is 0.109. The summed E-state index contributed by atoms with van der Waals surface area (Å²) in [5.74, 6) is -1.75. The van der Waals surface area contributed by atoms with E-state index in [2.05, 4.69) is 4.99 Å². The van der Waals surface area contributed by atoms with Crippen LogP contribution in [0.4, 0.5) is 4.39 Å². The van der Waals surface area contributed by atoms with Crippen molar-refractivity contribution < 1.29 is 9.18 Å². The molecule has 7 heavy (non-hydrogen) atoms. The Hall–Kier alpha value is -0.690. The summed E-state index contributed by atoms with van der Waals surface area (Å²) in [5, 5.41) is 0. The third-order valence-corrected chi connectivity index (χ3v) is 0.312. The lowest BCUT2D eigenvalue weighted by Gasteiger charge is -2.00. The van der Waals surface area contributed by atoms with Gasteiger partial charge in [-0.05, 0) is 13.8 Å². The Balaban J connectivity index is 3.80. The summed E-state index contributed by atoms with van der Waals surface area (Å²) < 4.78 is 12.0. The van der Waals surface area contributed by atoms with Gasteiger partial charge in [-0.3, -0.25) is 0 Å². The van der Waals surface area contributed by atoms with E-state index in [0.717, 1.165) is 6.08 Å². The molecule has 0 atom stereocenters. The average Bonchev–Trinajstić information content (AvgIpc) is 1.30. The van der Waals surface area contributed by atoms with E-state index >= 15 is 0 Å². The molecule has 0 saturated carbocycles. The molecule has 0 aliphatic carbocycles. The number of aliphatic imine (C=N–C) groups is 1. The molecule has 0 unspecified atom stereocenters. The molecule has 0 aromatic carbocycles. The Kier molecular flexibility index (Phi) is 1.66. The molecule has 0 aromatic heterocycles. The number of carbonyl (C=O) groups excluding carboxylic acids is 1. The lowest BCUT2D eigenvalue weighted by molar-refractivity contribution is 0.231. The molecule has 40 valence electrons. The Labute approximate surface area is 41.1 Å². The summed E-state index contributed by atoms with van der Waals surface area (Å²) in [6.45, 7) is 2.36. The monoisotopic (exact) mass is 103 g/mol. The minimum Gasteiger partial charge on any atom is -0.218 e. The first kappa shape index (κ1) is 6.31. The van der Waals surface area contributed by atoms with Gasteiger partial charge in [0.25, 0.3) is 0 Å². The van der Waals surface area contributed by atoms with Gasteiger partial charge < -0.3 is 0 Å². The van der Waals surface area contributed by atoms with E-state index in [9.17, 15) is 9.18 Å². The van der Waals surface area contributed by atoms with Crippen LogP contribution in [0.3, 0.4) is 0 Å². The second-order valence-corrected chi connectivity index (χ2v) is 1.61. The molecule has 0 bridgehead atoms. The van der Waals surface area contributed by atoms with E-state index in [1.807, 2.05) is 0 Å². The van der Waals surface area contributed by atoms with Gasteiger partial charge in [0, 0.05) is 0 Å². The number of nitrogens with zero attached hydrogens (tertiary/aromatic N) is 1. The van der Waals surface area contributed by atoms with Crippen LogP contribution in [0.25, 0.3) is 0 Å². The maximum Gasteiger partial charge on any atom is 0.238 e. The second-order valence-electron chi connectivity index (χ2n) is 1.61. The largest absolute Gasteiger partial charge is 0.238 e. The van der Waals surface area contributed by atoms with E-state index in [0.29, 0.717) is 0 Å². The lowest BCUT2D eigenvalue weighted by atomic mass is 10.4. The lowest BCUT2D eigenvalue weighted by Crippen LogP contribution is -2.05. The molecule has 0 saturated heterocycles. The summed E-state index contributed by atoms with van der Waals surface area (Å²) in [7, 11) is 0. The van der Waals surface area contributed by atoms with Crippen LogP contribution in [-0.2, 0) is 4.79 Å². The number of halogens is 1. The number of isocyanates is 1. The quantitative estimate of drug-likeness (QED) is 0.277. The van der Waals surface area contributed by atoms with Crippen molar-refractivity contribution in [3.8, 4) is 0 Å². The summed E-state index contributed by atoms with van der Waals surface area (Å²) in [4.78, 5) is 12.1. The molecule has 0 fully saturated rings. The van der Waals surface area contributed by atoms with Crippen LogP contribution in [0, 0.1) is 0 Å². The highest BCUT2D eigenvalue weighted by atomic mass is 19.1. The summed E-state index contributed by atoms with van der Waals surface area (Å²) in [5.41, 5.74) is 0. The average molecular weight is 103 g/mol. The summed E-state index contributed by atoms with van der Waals surface area (Å²) in [6.07, 6.45) is 1.11. The summed E-state index contributed by atoms with van der Waals surface area (Å²) >= 11 is 0. The van der Waals surface area contributed by atoms with Crippen molar-refractivity contribution in [1.82, 2.24) is 0 Å². The van der Waals surface area contributed by atoms with E-state index < -0.39 is 5.79 Å². The van der Waals surface area contributed by atoms with Gasteiger partial charge in [0.15, 0.2) is 0 Å². The topological polar surface area (TPSA) is 29.4 Å².